The van der Waals surface area contributed by atoms with Crippen molar-refractivity contribution in [2.24, 2.45) is 0 Å². The molecular formula is C40H48F4N2O3. The first-order valence-corrected chi connectivity index (χ1v) is 17.0. The predicted octanol–water partition coefficient (Wildman–Crippen LogP) is 10.0. The molecule has 1 amide bonds. The third kappa shape index (κ3) is 12.6. The van der Waals surface area contributed by atoms with Gasteiger partial charge in [-0.1, -0.05) is 68.3 Å². The molecule has 0 saturated heterocycles. The zero-order valence-electron chi connectivity index (χ0n) is 29.2. The van der Waals surface area contributed by atoms with Gasteiger partial charge in [0, 0.05) is 13.0 Å². The molecule has 0 saturated carbocycles. The van der Waals surface area contributed by atoms with E-state index in [9.17, 15) is 27.2 Å². The highest BCUT2D eigenvalue weighted by atomic mass is 19.4. The zero-order chi connectivity index (χ0) is 36.0. The van der Waals surface area contributed by atoms with Crippen molar-refractivity contribution in [3.63, 3.8) is 0 Å². The maximum absolute atomic E-state index is 12.8. The summed E-state index contributed by atoms with van der Waals surface area (Å²) in [5.41, 5.74) is 5.20. The molecular weight excluding hydrogens is 632 g/mol. The fourth-order valence-electron chi connectivity index (χ4n) is 5.46. The highest BCUT2D eigenvalue weighted by Crippen LogP contribution is 2.31. The van der Waals surface area contributed by atoms with Crippen LogP contribution in [-0.4, -0.2) is 47.8 Å². The summed E-state index contributed by atoms with van der Waals surface area (Å²) in [6.45, 7) is 12.9. The van der Waals surface area contributed by atoms with Gasteiger partial charge in [0.15, 0.2) is 11.5 Å². The van der Waals surface area contributed by atoms with Crippen LogP contribution in [0.4, 0.5) is 17.6 Å². The summed E-state index contributed by atoms with van der Waals surface area (Å²) in [5, 5.41) is 1.37. The number of hydroxylamine groups is 2. The largest absolute Gasteiger partial charge is 0.416 e. The van der Waals surface area contributed by atoms with Gasteiger partial charge in [0.1, 0.15) is 5.82 Å². The Morgan fingerprint density at radius 2 is 1.43 bits per heavy atom. The molecule has 0 N–H and O–H groups in total. The predicted molar refractivity (Wildman–Crippen MR) is 187 cm³/mol. The zero-order valence-corrected chi connectivity index (χ0v) is 29.2. The van der Waals surface area contributed by atoms with Crippen LogP contribution < -0.4 is 4.84 Å². The molecule has 0 spiro atoms. The Labute approximate surface area is 288 Å². The van der Waals surface area contributed by atoms with E-state index in [1.165, 1.54) is 34.9 Å². The van der Waals surface area contributed by atoms with E-state index in [4.69, 9.17) is 4.84 Å². The molecule has 5 nitrogen and oxygen atoms in total. The van der Waals surface area contributed by atoms with Gasteiger partial charge in [-0.2, -0.15) is 18.2 Å². The van der Waals surface area contributed by atoms with Crippen LogP contribution in [0.25, 0.3) is 11.1 Å². The summed E-state index contributed by atoms with van der Waals surface area (Å²) in [7, 11) is 0. The van der Waals surface area contributed by atoms with E-state index in [1.54, 1.807) is 49.4 Å². The van der Waals surface area contributed by atoms with Crippen molar-refractivity contribution in [3.05, 3.63) is 113 Å². The number of aryl methyl sites for hydroxylation is 1. The smallest absolute Gasteiger partial charge is 0.377 e. The maximum atomic E-state index is 12.8. The number of rotatable bonds is 14. The van der Waals surface area contributed by atoms with Crippen molar-refractivity contribution in [3.8, 4) is 16.9 Å². The van der Waals surface area contributed by atoms with Gasteiger partial charge < -0.3 is 9.74 Å². The average Bonchev–Trinajstić information content (AvgIpc) is 3.53. The lowest BCUT2D eigenvalue weighted by atomic mass is 10.0. The minimum Gasteiger partial charge on any atom is -0.377 e. The van der Waals surface area contributed by atoms with Crippen LogP contribution in [0.2, 0.25) is 0 Å². The third-order valence-corrected chi connectivity index (χ3v) is 8.60. The number of amides is 1. The van der Waals surface area contributed by atoms with Crippen LogP contribution in [0, 0.1) is 5.82 Å². The van der Waals surface area contributed by atoms with Crippen LogP contribution in [0.15, 0.2) is 95.6 Å². The number of carbonyl (C=O) groups is 2. The molecule has 0 radical (unpaired) electrons. The molecule has 0 aromatic heterocycles. The standard InChI is InChI=1S/C22H27F3N2O2.C18H21FO/c1-4-21(28)27(16-15-26(5-2)6-3)29-20-13-9-18(10-14-20)17-7-11-19(12-8-17)22(23,24)25;1-13(6-7-15-8-10-16(19)11-9-15)12-18(20)17-5-3-4-14(17)2/h7-14H,4-6,15-16H2,1-3H3;8-12H,3-7H2,1-2H3/b;13-12+. The van der Waals surface area contributed by atoms with Crippen LogP contribution in [-0.2, 0) is 22.2 Å². The number of nitrogens with zero attached hydrogens (tertiary/aromatic N) is 2. The lowest BCUT2D eigenvalue weighted by Crippen LogP contribution is -2.40. The Kier molecular flexibility index (Phi) is 15.3. The Morgan fingerprint density at radius 1 is 0.837 bits per heavy atom. The summed E-state index contributed by atoms with van der Waals surface area (Å²) < 4.78 is 50.9. The second kappa shape index (κ2) is 19.1. The molecule has 0 aliphatic heterocycles. The molecule has 3 aromatic rings. The summed E-state index contributed by atoms with van der Waals surface area (Å²) in [6, 6.07) is 18.5. The topological polar surface area (TPSA) is 49.9 Å². The first-order valence-electron chi connectivity index (χ1n) is 17.0. The van der Waals surface area contributed by atoms with E-state index in [0.717, 1.165) is 79.6 Å². The summed E-state index contributed by atoms with van der Waals surface area (Å²) in [5.74, 6) is 0.363. The molecule has 3 aromatic carbocycles. The van der Waals surface area contributed by atoms with Crippen molar-refractivity contribution in [2.75, 3.05) is 26.2 Å². The van der Waals surface area contributed by atoms with Gasteiger partial charge in [0.2, 0.25) is 0 Å². The summed E-state index contributed by atoms with van der Waals surface area (Å²) in [4.78, 5) is 32.3. The Bertz CT molecular complexity index is 1560. The van der Waals surface area contributed by atoms with Crippen LogP contribution in [0.1, 0.15) is 77.8 Å². The first-order chi connectivity index (χ1) is 23.3. The van der Waals surface area contributed by atoms with Crippen molar-refractivity contribution < 1.29 is 32.0 Å². The number of benzene rings is 3. The molecule has 4 rings (SSSR count). The van der Waals surface area contributed by atoms with E-state index < -0.39 is 11.7 Å². The van der Waals surface area contributed by atoms with Gasteiger partial charge in [0.05, 0.1) is 12.1 Å². The fourth-order valence-corrected chi connectivity index (χ4v) is 5.46. The van der Waals surface area contributed by atoms with Gasteiger partial charge in [-0.05, 0) is 124 Å². The number of halogens is 4. The number of hydrogen-bond acceptors (Lipinski definition) is 4. The van der Waals surface area contributed by atoms with E-state index >= 15 is 0 Å². The van der Waals surface area contributed by atoms with Gasteiger partial charge in [-0.25, -0.2) is 4.39 Å². The van der Waals surface area contributed by atoms with Gasteiger partial charge in [0.25, 0.3) is 5.91 Å². The van der Waals surface area contributed by atoms with E-state index in [0.29, 0.717) is 30.8 Å². The number of hydrogen-bond donors (Lipinski definition) is 0. The van der Waals surface area contributed by atoms with Crippen LogP contribution in [0.5, 0.6) is 5.75 Å². The maximum Gasteiger partial charge on any atom is 0.416 e. The van der Waals surface area contributed by atoms with Gasteiger partial charge in [-0.15, -0.1) is 0 Å². The van der Waals surface area contributed by atoms with Crippen molar-refractivity contribution in [2.45, 2.75) is 79.3 Å². The minimum atomic E-state index is -4.35. The number of alkyl halides is 3. The Morgan fingerprint density at radius 3 is 1.94 bits per heavy atom. The van der Waals surface area contributed by atoms with Gasteiger partial charge in [-0.3, -0.25) is 9.59 Å². The van der Waals surface area contributed by atoms with E-state index in [2.05, 4.69) is 25.7 Å². The van der Waals surface area contributed by atoms with E-state index in [-0.39, 0.29) is 17.5 Å². The van der Waals surface area contributed by atoms with E-state index in [1.807, 2.05) is 6.92 Å². The number of allylic oxidation sites excluding steroid dienone is 4. The monoisotopic (exact) mass is 680 g/mol. The molecule has 0 fully saturated rings. The molecule has 9 heteroatoms. The highest BCUT2D eigenvalue weighted by Gasteiger charge is 2.30. The summed E-state index contributed by atoms with van der Waals surface area (Å²) >= 11 is 0. The molecule has 0 atom stereocenters. The third-order valence-electron chi connectivity index (χ3n) is 8.60. The van der Waals surface area contributed by atoms with Crippen molar-refractivity contribution in [1.82, 2.24) is 9.96 Å². The first kappa shape index (κ1) is 39.2. The Hall–Kier alpha value is -4.24. The molecule has 49 heavy (non-hydrogen) atoms. The van der Waals surface area contributed by atoms with Gasteiger partial charge >= 0.3 is 6.18 Å². The number of ketones is 1. The average molecular weight is 681 g/mol. The molecule has 0 bridgehead atoms. The molecule has 1 aliphatic carbocycles. The Balaban J connectivity index is 0.000000284. The van der Waals surface area contributed by atoms with Crippen LogP contribution in [0.3, 0.4) is 0 Å². The van der Waals surface area contributed by atoms with Crippen molar-refractivity contribution in [1.29, 1.82) is 0 Å². The second-order valence-electron chi connectivity index (χ2n) is 12.2. The molecule has 0 unspecified atom stereocenters. The lowest BCUT2D eigenvalue weighted by Gasteiger charge is -2.25. The SMILES string of the molecule is CC1=C(C(=O)/C=C(\C)CCc2ccc(F)cc2)CCC1.CCC(=O)N(CCN(CC)CC)Oc1ccc(-c2ccc(C(F)(F)F)cc2)cc1. The lowest BCUT2D eigenvalue weighted by molar-refractivity contribution is -0.157. The molecule has 264 valence electrons. The quantitative estimate of drug-likeness (QED) is 0.0966. The van der Waals surface area contributed by atoms with Crippen molar-refractivity contribution >= 4 is 11.7 Å². The van der Waals surface area contributed by atoms with Crippen LogP contribution >= 0.6 is 0 Å². The number of likely N-dealkylation sites (N-methyl/N-ethyl adjacent to an activating group) is 1. The molecule has 0 heterocycles. The fraction of sp³-hybridized carbons (Fsp3) is 0.400. The highest BCUT2D eigenvalue weighted by molar-refractivity contribution is 6.05. The summed E-state index contributed by atoms with van der Waals surface area (Å²) in [6.07, 6.45) is 2.52. The normalized spacial score (nSPS) is 13.3. The second-order valence-corrected chi connectivity index (χ2v) is 12.2. The number of carbonyl (C=O) groups excluding carboxylic acids is 2. The minimum absolute atomic E-state index is 0.107. The molecule has 1 aliphatic rings.